The molecule has 0 fully saturated rings. The monoisotopic (exact) mass is 186 g/mol. The van der Waals surface area contributed by atoms with Crippen LogP contribution in [0.2, 0.25) is 0 Å². The average molecular weight is 186 g/mol. The first-order valence-corrected chi connectivity index (χ1v) is 3.25. The molecule has 0 aromatic heterocycles. The van der Waals surface area contributed by atoms with E-state index in [1.807, 2.05) is 0 Å². The van der Waals surface area contributed by atoms with Crippen molar-refractivity contribution in [2.45, 2.75) is 6.61 Å². The molecule has 11 heavy (non-hydrogen) atoms. The summed E-state index contributed by atoms with van der Waals surface area (Å²) in [7, 11) is -3.68. The maximum Gasteiger partial charge on any atom is 1.00 e. The molecule has 0 aromatic rings. The van der Waals surface area contributed by atoms with Gasteiger partial charge in [0.2, 0.25) is 0 Å². The predicted molar refractivity (Wildman–Crippen MR) is 25.2 cm³/mol. The van der Waals surface area contributed by atoms with Gasteiger partial charge in [0, 0.05) is 0 Å². The number of hydrogen-bond donors (Lipinski definition) is 0. The van der Waals surface area contributed by atoms with Crippen LogP contribution in [0.1, 0.15) is 1.43 Å². The first-order valence-electron chi connectivity index (χ1n) is 1.91. The zero-order valence-corrected chi connectivity index (χ0v) is 6.60. The van der Waals surface area contributed by atoms with Crippen LogP contribution in [-0.4, -0.2) is 22.1 Å². The van der Waals surface area contributed by atoms with Gasteiger partial charge in [0.15, 0.2) is 0 Å². The minimum absolute atomic E-state index is 0. The second-order valence-electron chi connectivity index (χ2n) is 1.000. The Hall–Kier alpha value is 0.287. The molecular formula is C2H5F2LiO5S. The zero-order valence-electron chi connectivity index (χ0n) is 6.78. The summed E-state index contributed by atoms with van der Waals surface area (Å²) in [5.74, 6) is 0. The Bertz CT molecular complexity index is 184. The largest absolute Gasteiger partial charge is 1.00 e. The van der Waals surface area contributed by atoms with Gasteiger partial charge in [0.1, 0.15) is 0 Å². The van der Waals surface area contributed by atoms with Crippen LogP contribution in [-0.2, 0) is 23.8 Å². The summed E-state index contributed by atoms with van der Waals surface area (Å²) in [4.78, 5) is 2.95. The first kappa shape index (κ1) is 13.8. The van der Waals surface area contributed by atoms with E-state index in [1.54, 1.807) is 0 Å². The van der Waals surface area contributed by atoms with Crippen LogP contribution in [0.25, 0.3) is 0 Å². The third-order valence-corrected chi connectivity index (χ3v) is 1.05. The van der Waals surface area contributed by atoms with Gasteiger partial charge in [0.05, 0.1) is 7.11 Å². The van der Waals surface area contributed by atoms with Gasteiger partial charge in [-0.3, -0.25) is 0 Å². The molecule has 9 heteroatoms. The summed E-state index contributed by atoms with van der Waals surface area (Å²) >= 11 is 0. The molecule has 0 heterocycles. The van der Waals surface area contributed by atoms with Crippen molar-refractivity contribution in [1.82, 2.24) is 0 Å². The minimum atomic E-state index is -4.42. The van der Waals surface area contributed by atoms with Gasteiger partial charge in [-0.25, -0.2) is 4.18 Å². The van der Waals surface area contributed by atoms with Crippen LogP contribution in [0.4, 0.5) is 8.78 Å². The molecule has 0 N–H and O–H groups in total. The van der Waals surface area contributed by atoms with Crippen LogP contribution in [0.15, 0.2) is 0 Å². The molecule has 0 aromatic carbocycles. The third kappa shape index (κ3) is 8.19. The molecule has 0 spiro atoms. The van der Waals surface area contributed by atoms with Gasteiger partial charge in [-0.1, -0.05) is 4.33 Å². The van der Waals surface area contributed by atoms with Crippen LogP contribution in [0.5, 0.6) is 0 Å². The van der Waals surface area contributed by atoms with E-state index in [0.717, 1.165) is 7.11 Å². The molecule has 0 atom stereocenters. The predicted octanol–water partition coefficient (Wildman–Crippen LogP) is -2.84. The Balaban J connectivity index is -0.000000405. The van der Waals surface area contributed by atoms with Crippen molar-refractivity contribution in [1.29, 1.82) is 0 Å². The summed E-state index contributed by atoms with van der Waals surface area (Å²) in [6, 6.07) is 0. The maximum atomic E-state index is 11.0. The van der Waals surface area contributed by atoms with Gasteiger partial charge in [-0.05, 0) is 0 Å². The van der Waals surface area contributed by atoms with Crippen molar-refractivity contribution in [2.24, 2.45) is 0 Å². The first-order chi connectivity index (χ1) is 4.48. The zero-order chi connectivity index (χ0) is 8.20. The smallest absolute Gasteiger partial charge is 1.00 e. The standard InChI is InChI=1S/C2H4F2O5S.Li.H/c1-7-10(5,6)9-8-2(3)4;;/h2H,1H3;;/q;+1;-1. The van der Waals surface area contributed by atoms with Crippen LogP contribution >= 0.6 is 0 Å². The van der Waals surface area contributed by atoms with Crippen molar-refractivity contribution < 1.29 is 50.9 Å². The Morgan fingerprint density at radius 3 is 2.18 bits per heavy atom. The van der Waals surface area contributed by atoms with E-state index in [9.17, 15) is 17.2 Å². The molecule has 5 nitrogen and oxygen atoms in total. The minimum Gasteiger partial charge on any atom is -1.00 e. The van der Waals surface area contributed by atoms with Crippen LogP contribution in [0.3, 0.4) is 0 Å². The molecule has 0 aliphatic heterocycles. The maximum absolute atomic E-state index is 11.0. The third-order valence-electron chi connectivity index (χ3n) is 0.399. The molecule has 64 valence electrons. The van der Waals surface area contributed by atoms with Crippen molar-refractivity contribution >= 4 is 10.4 Å². The fraction of sp³-hybridized carbons (Fsp3) is 1.00. The van der Waals surface area contributed by atoms with E-state index in [-0.39, 0.29) is 20.3 Å². The number of hydrogen-bond acceptors (Lipinski definition) is 5. The molecule has 0 rings (SSSR count). The topological polar surface area (TPSA) is 61.8 Å². The van der Waals surface area contributed by atoms with Gasteiger partial charge in [-0.2, -0.15) is 17.2 Å². The molecule has 0 unspecified atom stereocenters. The Kier molecular flexibility index (Phi) is 7.40. The summed E-state index contributed by atoms with van der Waals surface area (Å²) in [6.45, 7) is -3.31. The van der Waals surface area contributed by atoms with Gasteiger partial charge in [-0.15, -0.1) is 4.89 Å². The molecular weight excluding hydrogens is 181 g/mol. The average Bonchev–Trinajstić information content (AvgIpc) is 1.85. The molecule has 0 saturated heterocycles. The fourth-order valence-corrected chi connectivity index (χ4v) is 0.317. The van der Waals surface area contributed by atoms with E-state index < -0.39 is 17.0 Å². The molecule has 0 aliphatic carbocycles. The quantitative estimate of drug-likeness (QED) is 0.269. The molecule has 0 radical (unpaired) electrons. The van der Waals surface area contributed by atoms with E-state index >= 15 is 0 Å². The normalized spacial score (nSPS) is 11.3. The summed E-state index contributed by atoms with van der Waals surface area (Å²) in [5.41, 5.74) is 0. The van der Waals surface area contributed by atoms with Crippen LogP contribution in [0, 0.1) is 0 Å². The molecule has 0 aliphatic rings. The Morgan fingerprint density at radius 1 is 1.45 bits per heavy atom. The van der Waals surface area contributed by atoms with Crippen molar-refractivity contribution in [3.05, 3.63) is 0 Å². The Labute approximate surface area is 75.5 Å². The second-order valence-corrected chi connectivity index (χ2v) is 2.29. The van der Waals surface area contributed by atoms with Crippen molar-refractivity contribution in [2.75, 3.05) is 7.11 Å². The van der Waals surface area contributed by atoms with Crippen molar-refractivity contribution in [3.63, 3.8) is 0 Å². The van der Waals surface area contributed by atoms with Gasteiger partial charge >= 0.3 is 35.9 Å². The second kappa shape index (κ2) is 5.88. The van der Waals surface area contributed by atoms with Gasteiger partial charge in [0.25, 0.3) is 0 Å². The Morgan fingerprint density at radius 2 is 1.91 bits per heavy atom. The number of halogens is 2. The number of alkyl halides is 2. The van der Waals surface area contributed by atoms with E-state index in [2.05, 4.69) is 13.4 Å². The summed E-state index contributed by atoms with van der Waals surface area (Å²) in [6.07, 6.45) is 0. The fourth-order valence-electron chi connectivity index (χ4n) is 0.106. The summed E-state index contributed by atoms with van der Waals surface area (Å²) < 4.78 is 48.8. The molecule has 0 bridgehead atoms. The van der Waals surface area contributed by atoms with Crippen LogP contribution < -0.4 is 18.9 Å². The SMILES string of the molecule is COS(=O)(=O)OOC(F)F.[H-].[Li+]. The van der Waals surface area contributed by atoms with Crippen molar-refractivity contribution in [3.8, 4) is 0 Å². The van der Waals surface area contributed by atoms with E-state index in [1.165, 1.54) is 0 Å². The molecule has 0 amide bonds. The van der Waals surface area contributed by atoms with E-state index in [0.29, 0.717) is 0 Å². The van der Waals surface area contributed by atoms with Gasteiger partial charge < -0.3 is 1.43 Å². The summed E-state index contributed by atoms with van der Waals surface area (Å²) in [5, 5.41) is 0. The molecule has 0 saturated carbocycles. The van der Waals surface area contributed by atoms with E-state index in [4.69, 9.17) is 0 Å². The number of rotatable bonds is 4.